The Hall–Kier alpha value is -6.10. The highest BCUT2D eigenvalue weighted by atomic mass is 32.1. The van der Waals surface area contributed by atoms with E-state index < -0.39 is 0 Å². The van der Waals surface area contributed by atoms with Crippen LogP contribution in [0.15, 0.2) is 150 Å². The van der Waals surface area contributed by atoms with E-state index in [-0.39, 0.29) is 5.41 Å². The van der Waals surface area contributed by atoms with Gasteiger partial charge in [-0.15, -0.1) is 11.3 Å². The molecule has 0 radical (unpaired) electrons. The molecule has 0 saturated heterocycles. The quantitative estimate of drug-likeness (QED) is 0.188. The molecular weight excluding hydrogens is 641 g/mol. The van der Waals surface area contributed by atoms with Gasteiger partial charge < -0.3 is 4.42 Å². The zero-order valence-corrected chi connectivity index (χ0v) is 28.9. The molecule has 0 unspecified atom stereocenters. The Morgan fingerprint density at radius 2 is 1.25 bits per heavy atom. The first kappa shape index (κ1) is 28.7. The Morgan fingerprint density at radius 1 is 0.569 bits per heavy atom. The third-order valence-electron chi connectivity index (χ3n) is 11.0. The summed E-state index contributed by atoms with van der Waals surface area (Å²) in [6, 6.07) is 48.2. The highest BCUT2D eigenvalue weighted by Gasteiger charge is 2.36. The molecule has 0 aliphatic heterocycles. The minimum Gasteiger partial charge on any atom is -0.455 e. The monoisotopic (exact) mass is 670 g/mol. The second kappa shape index (κ2) is 10.5. The van der Waals surface area contributed by atoms with Crippen LogP contribution in [0.25, 0.3) is 97.7 Å². The molecule has 51 heavy (non-hydrogen) atoms. The normalized spacial score (nSPS) is 13.5. The summed E-state index contributed by atoms with van der Waals surface area (Å²) < 4.78 is 9.13. The number of rotatable bonds is 3. The number of hydrogen-bond donors (Lipinski definition) is 0. The molecule has 11 rings (SSSR count). The molecule has 4 heteroatoms. The zero-order chi connectivity index (χ0) is 33.8. The molecule has 0 bridgehead atoms. The van der Waals surface area contributed by atoms with Crippen molar-refractivity contribution in [1.82, 2.24) is 9.97 Å². The summed E-state index contributed by atoms with van der Waals surface area (Å²) in [4.78, 5) is 9.90. The molecule has 4 heterocycles. The van der Waals surface area contributed by atoms with Gasteiger partial charge in [0.2, 0.25) is 0 Å². The summed E-state index contributed by atoms with van der Waals surface area (Å²) in [5, 5.41) is 5.70. The van der Waals surface area contributed by atoms with Crippen molar-refractivity contribution < 1.29 is 4.42 Å². The third kappa shape index (κ3) is 4.11. The molecule has 0 spiro atoms. The highest BCUT2D eigenvalue weighted by molar-refractivity contribution is 7.26. The molecule has 0 N–H and O–H groups in total. The summed E-state index contributed by atoms with van der Waals surface area (Å²) >= 11 is 1.81. The summed E-state index contributed by atoms with van der Waals surface area (Å²) in [5.41, 5.74) is 14.7. The van der Waals surface area contributed by atoms with Gasteiger partial charge in [0.15, 0.2) is 0 Å². The van der Waals surface area contributed by atoms with Crippen LogP contribution in [0.4, 0.5) is 0 Å². The number of thiophene rings is 1. The zero-order valence-electron chi connectivity index (χ0n) is 28.1. The molecule has 10 aromatic rings. The number of fused-ring (bicyclic) bond motifs is 12. The van der Waals surface area contributed by atoms with Gasteiger partial charge in [0.1, 0.15) is 11.2 Å². The number of para-hydroxylation sites is 1. The Labute approximate surface area is 298 Å². The molecule has 0 saturated carbocycles. The van der Waals surface area contributed by atoms with Gasteiger partial charge in [-0.05, 0) is 87.0 Å². The fraction of sp³-hybridized carbons (Fsp3) is 0.0638. The summed E-state index contributed by atoms with van der Waals surface area (Å²) in [7, 11) is 0. The second-order valence-electron chi connectivity index (χ2n) is 14.2. The van der Waals surface area contributed by atoms with E-state index in [2.05, 4.69) is 140 Å². The van der Waals surface area contributed by atoms with Crippen molar-refractivity contribution in [2.75, 3.05) is 0 Å². The van der Waals surface area contributed by atoms with E-state index in [4.69, 9.17) is 9.40 Å². The van der Waals surface area contributed by atoms with Gasteiger partial charge in [-0.2, -0.15) is 0 Å². The van der Waals surface area contributed by atoms with Crippen LogP contribution in [-0.2, 0) is 5.41 Å². The molecule has 240 valence electrons. The lowest BCUT2D eigenvalue weighted by Crippen LogP contribution is -2.15. The maximum atomic E-state index is 6.67. The van der Waals surface area contributed by atoms with E-state index in [0.717, 1.165) is 49.7 Å². The minimum absolute atomic E-state index is 0.145. The summed E-state index contributed by atoms with van der Waals surface area (Å²) in [6.45, 7) is 4.69. The number of nitrogens with zero attached hydrogens (tertiary/aromatic N) is 2. The van der Waals surface area contributed by atoms with Crippen molar-refractivity contribution in [3.63, 3.8) is 0 Å². The second-order valence-corrected chi connectivity index (χ2v) is 15.2. The van der Waals surface area contributed by atoms with E-state index >= 15 is 0 Å². The van der Waals surface area contributed by atoms with Crippen molar-refractivity contribution in [2.24, 2.45) is 0 Å². The molecular formula is C47H30N2OS. The van der Waals surface area contributed by atoms with E-state index in [0.29, 0.717) is 0 Å². The average Bonchev–Trinajstić information content (AvgIpc) is 3.83. The Balaban J connectivity index is 1.09. The number of benzene rings is 6. The molecule has 1 aliphatic carbocycles. The van der Waals surface area contributed by atoms with Crippen molar-refractivity contribution in [3.8, 4) is 44.6 Å². The predicted molar refractivity (Wildman–Crippen MR) is 214 cm³/mol. The number of pyridine rings is 2. The van der Waals surface area contributed by atoms with E-state index in [9.17, 15) is 0 Å². The molecule has 0 fully saturated rings. The van der Waals surface area contributed by atoms with Crippen LogP contribution in [0.1, 0.15) is 25.0 Å². The van der Waals surface area contributed by atoms with Crippen LogP contribution < -0.4 is 0 Å². The Kier molecular flexibility index (Phi) is 5.89. The average molecular weight is 671 g/mol. The van der Waals surface area contributed by atoms with Gasteiger partial charge in [0.05, 0.1) is 21.3 Å². The maximum absolute atomic E-state index is 6.67. The van der Waals surface area contributed by atoms with Gasteiger partial charge in [-0.25, -0.2) is 4.98 Å². The Bertz CT molecular complexity index is 3060. The predicted octanol–water partition coefficient (Wildman–Crippen LogP) is 13.2. The summed E-state index contributed by atoms with van der Waals surface area (Å²) in [5.74, 6) is 0. The molecule has 3 nitrogen and oxygen atoms in total. The molecule has 6 aromatic carbocycles. The van der Waals surface area contributed by atoms with Gasteiger partial charge in [0, 0.05) is 49.6 Å². The number of aromatic nitrogens is 2. The van der Waals surface area contributed by atoms with Crippen LogP contribution >= 0.6 is 11.3 Å². The van der Waals surface area contributed by atoms with Gasteiger partial charge in [0.25, 0.3) is 0 Å². The summed E-state index contributed by atoms with van der Waals surface area (Å²) in [6.07, 6.45) is 3.77. The topological polar surface area (TPSA) is 38.9 Å². The largest absolute Gasteiger partial charge is 0.455 e. The molecule has 4 aromatic heterocycles. The van der Waals surface area contributed by atoms with Crippen molar-refractivity contribution in [1.29, 1.82) is 0 Å². The fourth-order valence-corrected chi connectivity index (χ4v) is 9.59. The van der Waals surface area contributed by atoms with Crippen LogP contribution in [0.2, 0.25) is 0 Å². The van der Waals surface area contributed by atoms with E-state index in [1.54, 1.807) is 0 Å². The van der Waals surface area contributed by atoms with Crippen LogP contribution in [-0.4, -0.2) is 9.97 Å². The lowest BCUT2D eigenvalue weighted by atomic mass is 9.81. The maximum Gasteiger partial charge on any atom is 0.147 e. The standard InChI is InChI=1S/C47H30N2OS/c1-47(2)38-24-28(16-18-32(38)33-19-17-29(25-39(33)47)31-11-8-22-48-26-31)27-9-7-10-30(23-27)43-42-36-13-3-5-14-40(36)50-45(42)37-21-20-35-34-12-4-6-15-41(34)51-46(35)44(37)49-43/h3-26H,1-2H3. The van der Waals surface area contributed by atoms with Crippen LogP contribution in [0.5, 0.6) is 0 Å². The minimum atomic E-state index is -0.145. The van der Waals surface area contributed by atoms with Crippen molar-refractivity contribution >= 4 is 64.4 Å². The van der Waals surface area contributed by atoms with Crippen LogP contribution in [0.3, 0.4) is 0 Å². The van der Waals surface area contributed by atoms with Gasteiger partial charge >= 0.3 is 0 Å². The van der Waals surface area contributed by atoms with Gasteiger partial charge in [-0.1, -0.05) is 105 Å². The number of hydrogen-bond acceptors (Lipinski definition) is 4. The van der Waals surface area contributed by atoms with Crippen molar-refractivity contribution in [3.05, 3.63) is 157 Å². The van der Waals surface area contributed by atoms with E-state index in [1.807, 2.05) is 35.9 Å². The van der Waals surface area contributed by atoms with Gasteiger partial charge in [-0.3, -0.25) is 4.98 Å². The SMILES string of the molecule is CC1(C)c2cc(-c3cccnc3)ccc2-c2ccc(-c3cccc(-c4nc5c(ccc6c7ccccc7sc65)c5oc6ccccc6c45)c3)cc21. The van der Waals surface area contributed by atoms with E-state index in [1.165, 1.54) is 59.1 Å². The van der Waals surface area contributed by atoms with Crippen LogP contribution in [0, 0.1) is 0 Å². The third-order valence-corrected chi connectivity index (χ3v) is 12.2. The first-order valence-corrected chi connectivity index (χ1v) is 18.2. The molecule has 1 aliphatic rings. The lowest BCUT2D eigenvalue weighted by molar-refractivity contribution is 0.661. The first-order valence-electron chi connectivity index (χ1n) is 17.4. The Morgan fingerprint density at radius 3 is 2.06 bits per heavy atom. The number of furan rings is 1. The lowest BCUT2D eigenvalue weighted by Gasteiger charge is -2.22. The first-order chi connectivity index (χ1) is 25.0. The molecule has 0 atom stereocenters. The highest BCUT2D eigenvalue weighted by Crippen LogP contribution is 2.51. The fourth-order valence-electron chi connectivity index (χ4n) is 8.39. The molecule has 0 amide bonds. The smallest absolute Gasteiger partial charge is 0.147 e. The van der Waals surface area contributed by atoms with Crippen molar-refractivity contribution in [2.45, 2.75) is 19.3 Å².